The first-order valence-corrected chi connectivity index (χ1v) is 9.68. The fraction of sp³-hybridized carbons (Fsp3) is 0.211. The van der Waals surface area contributed by atoms with Crippen LogP contribution in [0.1, 0.15) is 27.3 Å². The summed E-state index contributed by atoms with van der Waals surface area (Å²) in [7, 11) is 0. The van der Waals surface area contributed by atoms with Crippen LogP contribution in [0.2, 0.25) is 0 Å². The minimum atomic E-state index is -4.39. The maximum atomic E-state index is 12.9. The molecule has 0 unspecified atom stereocenters. The number of amides is 1. The molecule has 0 saturated heterocycles. The Balaban J connectivity index is 1.63. The predicted molar refractivity (Wildman–Crippen MR) is 106 cm³/mol. The van der Waals surface area contributed by atoms with E-state index >= 15 is 0 Å². The lowest BCUT2D eigenvalue weighted by atomic mass is 10.2. The molecule has 0 saturated carbocycles. The normalized spacial score (nSPS) is 11.8. The summed E-state index contributed by atoms with van der Waals surface area (Å²) in [5.41, 5.74) is 4.58. The van der Waals surface area contributed by atoms with Crippen LogP contribution in [0.3, 0.4) is 0 Å². The largest absolute Gasteiger partial charge is 0.393 e. The number of halogens is 3. The summed E-state index contributed by atoms with van der Waals surface area (Å²) in [5, 5.41) is 2.51. The Morgan fingerprint density at radius 2 is 2.03 bits per heavy atom. The van der Waals surface area contributed by atoms with Crippen LogP contribution in [0.25, 0.3) is 21.9 Å². The molecule has 4 aromatic rings. The minimum absolute atomic E-state index is 0.0270. The highest BCUT2D eigenvalue weighted by Crippen LogP contribution is 2.27. The van der Waals surface area contributed by atoms with Gasteiger partial charge >= 0.3 is 6.18 Å². The van der Waals surface area contributed by atoms with Crippen LogP contribution in [0.15, 0.2) is 36.1 Å². The second kappa shape index (κ2) is 7.48. The third-order valence-electron chi connectivity index (χ3n) is 4.28. The monoisotopic (exact) mass is 432 g/mol. The zero-order valence-corrected chi connectivity index (χ0v) is 16.7. The second-order valence-corrected chi connectivity index (χ2v) is 7.47. The summed E-state index contributed by atoms with van der Waals surface area (Å²) >= 11 is 1.40. The number of aryl methyl sites for hydroxylation is 2. The van der Waals surface area contributed by atoms with E-state index in [0.717, 1.165) is 5.69 Å². The van der Waals surface area contributed by atoms with Gasteiger partial charge in [0.05, 0.1) is 28.7 Å². The van der Waals surface area contributed by atoms with Gasteiger partial charge in [0.1, 0.15) is 0 Å². The van der Waals surface area contributed by atoms with Crippen LogP contribution < -0.4 is 5.43 Å². The molecule has 0 atom stereocenters. The fourth-order valence-electron chi connectivity index (χ4n) is 2.98. The maximum Gasteiger partial charge on any atom is 0.393 e. The van der Waals surface area contributed by atoms with Crippen molar-refractivity contribution in [1.82, 2.24) is 24.6 Å². The van der Waals surface area contributed by atoms with E-state index in [2.05, 4.69) is 25.4 Å². The Morgan fingerprint density at radius 1 is 1.23 bits per heavy atom. The van der Waals surface area contributed by atoms with Gasteiger partial charge in [0.25, 0.3) is 5.91 Å². The highest BCUT2D eigenvalue weighted by atomic mass is 32.1. The average Bonchev–Trinajstić information content (AvgIpc) is 3.25. The lowest BCUT2D eigenvalue weighted by molar-refractivity contribution is -0.127. The van der Waals surface area contributed by atoms with E-state index in [1.54, 1.807) is 19.1 Å². The van der Waals surface area contributed by atoms with Gasteiger partial charge in [-0.2, -0.15) is 13.2 Å². The maximum absolute atomic E-state index is 12.9. The molecule has 4 aromatic heterocycles. The molecular weight excluding hydrogens is 417 g/mol. The van der Waals surface area contributed by atoms with E-state index in [1.165, 1.54) is 34.6 Å². The number of pyridine rings is 1. The highest BCUT2D eigenvalue weighted by molar-refractivity contribution is 7.13. The summed E-state index contributed by atoms with van der Waals surface area (Å²) in [6.07, 6.45) is -1.52. The number of alkyl halides is 3. The Labute approximate surface area is 172 Å². The average molecular weight is 432 g/mol. The first-order valence-electron chi connectivity index (χ1n) is 8.80. The number of hydrogen-bond donors (Lipinski definition) is 1. The fourth-order valence-corrected chi connectivity index (χ4v) is 3.72. The molecule has 0 spiro atoms. The van der Waals surface area contributed by atoms with E-state index in [-0.39, 0.29) is 16.6 Å². The number of nitrogens with zero attached hydrogens (tertiary/aromatic N) is 5. The number of thiazole rings is 1. The molecule has 1 amide bonds. The van der Waals surface area contributed by atoms with Gasteiger partial charge in [0, 0.05) is 35.2 Å². The van der Waals surface area contributed by atoms with Crippen molar-refractivity contribution < 1.29 is 18.0 Å². The second-order valence-electron chi connectivity index (χ2n) is 6.62. The van der Waals surface area contributed by atoms with E-state index in [9.17, 15) is 18.0 Å². The van der Waals surface area contributed by atoms with Crippen molar-refractivity contribution in [2.24, 2.45) is 0 Å². The molecule has 1 N–H and O–H groups in total. The summed E-state index contributed by atoms with van der Waals surface area (Å²) in [6, 6.07) is 3.17. The Bertz CT molecular complexity index is 1250. The quantitative estimate of drug-likeness (QED) is 0.526. The summed E-state index contributed by atoms with van der Waals surface area (Å²) in [6.45, 7) is 3.52. The van der Waals surface area contributed by atoms with Gasteiger partial charge in [-0.15, -0.1) is 11.3 Å². The minimum Gasteiger partial charge on any atom is -0.267 e. The number of rotatable bonds is 4. The van der Waals surface area contributed by atoms with Gasteiger partial charge in [0.2, 0.25) is 0 Å². The molecule has 11 heteroatoms. The molecule has 4 heterocycles. The standard InChI is InChI=1S/C19H15F3N6OS/c1-10-9-30-18(25-10)16-24-7-13(11(2)26-16)17(29)27-28-8-12(6-19(20,21)22)15-14(28)4-3-5-23-15/h3-5,7-9H,6H2,1-2H3,(H,27,29). The smallest absolute Gasteiger partial charge is 0.267 e. The molecule has 0 aromatic carbocycles. The number of aromatic nitrogens is 5. The van der Waals surface area contributed by atoms with Crippen LogP contribution in [-0.4, -0.2) is 36.7 Å². The van der Waals surface area contributed by atoms with Crippen molar-refractivity contribution in [2.75, 3.05) is 5.43 Å². The molecule has 0 aliphatic rings. The van der Waals surface area contributed by atoms with Crippen molar-refractivity contribution in [3.05, 3.63) is 58.6 Å². The molecule has 0 bridgehead atoms. The van der Waals surface area contributed by atoms with Crippen LogP contribution in [0, 0.1) is 13.8 Å². The van der Waals surface area contributed by atoms with Crippen LogP contribution in [-0.2, 0) is 6.42 Å². The van der Waals surface area contributed by atoms with Crippen molar-refractivity contribution in [1.29, 1.82) is 0 Å². The third-order valence-corrected chi connectivity index (χ3v) is 5.24. The first kappa shape index (κ1) is 20.0. The van der Waals surface area contributed by atoms with Gasteiger partial charge in [-0.05, 0) is 26.0 Å². The van der Waals surface area contributed by atoms with Crippen molar-refractivity contribution in [3.63, 3.8) is 0 Å². The van der Waals surface area contributed by atoms with E-state index in [4.69, 9.17) is 0 Å². The Hall–Kier alpha value is -3.34. The highest BCUT2D eigenvalue weighted by Gasteiger charge is 2.30. The van der Waals surface area contributed by atoms with Crippen LogP contribution in [0.5, 0.6) is 0 Å². The van der Waals surface area contributed by atoms with Gasteiger partial charge in [0.15, 0.2) is 10.8 Å². The molecule has 0 fully saturated rings. The van der Waals surface area contributed by atoms with Gasteiger partial charge in [-0.1, -0.05) is 0 Å². The van der Waals surface area contributed by atoms with Crippen molar-refractivity contribution in [2.45, 2.75) is 26.4 Å². The van der Waals surface area contributed by atoms with E-state index < -0.39 is 18.5 Å². The number of carbonyl (C=O) groups excluding carboxylic acids is 1. The number of fused-ring (bicyclic) bond motifs is 1. The molecule has 154 valence electrons. The molecule has 7 nitrogen and oxygen atoms in total. The van der Waals surface area contributed by atoms with E-state index in [0.29, 0.717) is 22.0 Å². The SMILES string of the molecule is Cc1csc(-c2ncc(C(=O)Nn3cc(CC(F)(F)F)c4ncccc43)c(C)n2)n1. The molecule has 0 aliphatic heterocycles. The van der Waals surface area contributed by atoms with E-state index in [1.807, 2.05) is 12.3 Å². The summed E-state index contributed by atoms with van der Waals surface area (Å²) in [5.74, 6) is -0.140. The molecule has 0 aliphatic carbocycles. The topological polar surface area (TPSA) is 85.6 Å². The lowest BCUT2D eigenvalue weighted by Gasteiger charge is -2.09. The molecule has 4 rings (SSSR count). The third kappa shape index (κ3) is 4.01. The molecular formula is C19H15F3N6OS. The van der Waals surface area contributed by atoms with Crippen LogP contribution >= 0.6 is 11.3 Å². The number of carbonyl (C=O) groups is 1. The predicted octanol–water partition coefficient (Wildman–Crippen LogP) is 4.06. The summed E-state index contributed by atoms with van der Waals surface area (Å²) < 4.78 is 39.9. The van der Waals surface area contributed by atoms with Crippen molar-refractivity contribution >= 4 is 28.3 Å². The number of nitrogens with one attached hydrogen (secondary N) is 1. The van der Waals surface area contributed by atoms with Crippen molar-refractivity contribution in [3.8, 4) is 10.8 Å². The Kier molecular flexibility index (Phi) is 4.98. The van der Waals surface area contributed by atoms with Crippen LogP contribution in [0.4, 0.5) is 13.2 Å². The Morgan fingerprint density at radius 3 is 2.70 bits per heavy atom. The van der Waals surface area contributed by atoms with Gasteiger partial charge in [-0.25, -0.2) is 15.0 Å². The zero-order valence-electron chi connectivity index (χ0n) is 15.9. The first-order chi connectivity index (χ1) is 14.2. The summed E-state index contributed by atoms with van der Waals surface area (Å²) in [4.78, 5) is 29.7. The lowest BCUT2D eigenvalue weighted by Crippen LogP contribution is -2.23. The molecule has 0 radical (unpaired) electrons. The number of hydrogen-bond acceptors (Lipinski definition) is 6. The molecule has 30 heavy (non-hydrogen) atoms. The van der Waals surface area contributed by atoms with Gasteiger partial charge < -0.3 is 0 Å². The van der Waals surface area contributed by atoms with Gasteiger partial charge in [-0.3, -0.25) is 19.9 Å². The zero-order chi connectivity index (χ0) is 21.5.